The zero-order valence-electron chi connectivity index (χ0n) is 20.3. The maximum absolute atomic E-state index is 12.9. The Morgan fingerprint density at radius 1 is 1.06 bits per heavy atom. The number of aryl methyl sites for hydroxylation is 4. The molecule has 11 heteroatoms. The van der Waals surface area contributed by atoms with Gasteiger partial charge < -0.3 is 26.2 Å². The highest BCUT2D eigenvalue weighted by Crippen LogP contribution is 2.18. The van der Waals surface area contributed by atoms with Crippen LogP contribution in [0.5, 0.6) is 5.75 Å². The largest absolute Gasteiger partial charge is 0.508 e. The molecule has 5 N–H and O–H groups in total. The molecule has 0 aliphatic rings. The van der Waals surface area contributed by atoms with Crippen molar-refractivity contribution in [3.8, 4) is 5.75 Å². The van der Waals surface area contributed by atoms with Crippen molar-refractivity contribution >= 4 is 35.1 Å². The zero-order valence-corrected chi connectivity index (χ0v) is 21.1. The summed E-state index contributed by atoms with van der Waals surface area (Å²) in [5.74, 6) is -1.70. The first-order valence-electron chi connectivity index (χ1n) is 11.4. The van der Waals surface area contributed by atoms with Crippen LogP contribution in [0, 0.1) is 20.8 Å². The second-order valence-corrected chi connectivity index (χ2v) is 9.23. The Balaban J connectivity index is 1.57. The Bertz CT molecular complexity index is 1220. The SMILES string of the molecule is Cc1ccc(O)cc1CCCNc1nc(C)c(C(=O)NC(CNC(=O)c2cccs2)C(=O)O)c(C)n1. The molecule has 3 rings (SSSR count). The smallest absolute Gasteiger partial charge is 0.328 e. The van der Waals surface area contributed by atoms with Gasteiger partial charge in [-0.3, -0.25) is 9.59 Å². The molecule has 1 unspecified atom stereocenters. The van der Waals surface area contributed by atoms with Crippen LogP contribution >= 0.6 is 11.3 Å². The van der Waals surface area contributed by atoms with E-state index in [-0.39, 0.29) is 17.9 Å². The van der Waals surface area contributed by atoms with Gasteiger partial charge in [-0.05, 0) is 68.3 Å². The first-order chi connectivity index (χ1) is 17.2. The van der Waals surface area contributed by atoms with Crippen LogP contribution in [0.3, 0.4) is 0 Å². The van der Waals surface area contributed by atoms with Gasteiger partial charge in [-0.25, -0.2) is 14.8 Å². The molecule has 2 amide bonds. The number of carboxylic acids is 1. The number of aliphatic carboxylic acids is 1. The van der Waals surface area contributed by atoms with Crippen LogP contribution in [0.4, 0.5) is 5.95 Å². The quantitative estimate of drug-likeness (QED) is 0.246. The van der Waals surface area contributed by atoms with Crippen LogP contribution in [0.2, 0.25) is 0 Å². The van der Waals surface area contributed by atoms with Crippen LogP contribution in [-0.4, -0.2) is 57.1 Å². The lowest BCUT2D eigenvalue weighted by molar-refractivity contribution is -0.139. The summed E-state index contributed by atoms with van der Waals surface area (Å²) in [6, 6.07) is 7.32. The number of aromatic hydroxyl groups is 1. The summed E-state index contributed by atoms with van der Waals surface area (Å²) in [6.07, 6.45) is 1.55. The Hall–Kier alpha value is -3.99. The number of nitrogens with zero attached hydrogens (tertiary/aromatic N) is 2. The van der Waals surface area contributed by atoms with E-state index in [0.717, 1.165) is 24.0 Å². The summed E-state index contributed by atoms with van der Waals surface area (Å²) in [4.78, 5) is 45.8. The number of phenols is 1. The van der Waals surface area contributed by atoms with Crippen LogP contribution in [0.25, 0.3) is 0 Å². The molecule has 0 saturated carbocycles. The molecule has 10 nitrogen and oxygen atoms in total. The molecule has 0 radical (unpaired) electrons. The van der Waals surface area contributed by atoms with Crippen molar-refractivity contribution in [2.45, 2.75) is 39.7 Å². The van der Waals surface area contributed by atoms with E-state index in [2.05, 4.69) is 25.9 Å². The normalized spacial score (nSPS) is 11.5. The monoisotopic (exact) mass is 511 g/mol. The van der Waals surface area contributed by atoms with Gasteiger partial charge >= 0.3 is 5.97 Å². The summed E-state index contributed by atoms with van der Waals surface area (Å²) >= 11 is 1.23. The van der Waals surface area contributed by atoms with Crippen molar-refractivity contribution in [2.75, 3.05) is 18.4 Å². The predicted octanol–water partition coefficient (Wildman–Crippen LogP) is 2.83. The van der Waals surface area contributed by atoms with E-state index in [0.29, 0.717) is 28.8 Å². The fourth-order valence-electron chi connectivity index (χ4n) is 3.65. The molecule has 0 saturated heterocycles. The molecule has 36 heavy (non-hydrogen) atoms. The van der Waals surface area contributed by atoms with E-state index in [9.17, 15) is 24.6 Å². The molecule has 0 aliphatic heterocycles. The topological polar surface area (TPSA) is 154 Å². The lowest BCUT2D eigenvalue weighted by Gasteiger charge is -2.17. The van der Waals surface area contributed by atoms with E-state index in [1.807, 2.05) is 13.0 Å². The number of amides is 2. The number of rotatable bonds is 11. The summed E-state index contributed by atoms with van der Waals surface area (Å²) in [7, 11) is 0. The Kier molecular flexibility index (Phi) is 8.96. The molecule has 0 aliphatic carbocycles. The van der Waals surface area contributed by atoms with Gasteiger partial charge in [0.2, 0.25) is 5.95 Å². The maximum atomic E-state index is 12.9. The van der Waals surface area contributed by atoms with Crippen molar-refractivity contribution in [1.29, 1.82) is 0 Å². The number of carbonyl (C=O) groups excluding carboxylic acids is 2. The molecule has 2 heterocycles. The van der Waals surface area contributed by atoms with Crippen molar-refractivity contribution in [2.24, 2.45) is 0 Å². The third kappa shape index (κ3) is 7.01. The van der Waals surface area contributed by atoms with E-state index >= 15 is 0 Å². The third-order valence-corrected chi connectivity index (χ3v) is 6.42. The number of carboxylic acid groups (broad SMARTS) is 1. The van der Waals surface area contributed by atoms with Crippen LogP contribution < -0.4 is 16.0 Å². The van der Waals surface area contributed by atoms with Crippen molar-refractivity contribution in [1.82, 2.24) is 20.6 Å². The van der Waals surface area contributed by atoms with E-state index in [4.69, 9.17) is 0 Å². The van der Waals surface area contributed by atoms with Gasteiger partial charge in [-0.1, -0.05) is 12.1 Å². The van der Waals surface area contributed by atoms with E-state index < -0.39 is 23.8 Å². The fraction of sp³-hybridized carbons (Fsp3) is 0.320. The van der Waals surface area contributed by atoms with Crippen LogP contribution in [0.1, 0.15) is 49.0 Å². The molecule has 2 aromatic heterocycles. The molecule has 0 fully saturated rings. The second kappa shape index (κ2) is 12.1. The molecule has 3 aromatic rings. The summed E-state index contributed by atoms with van der Waals surface area (Å²) in [5, 5.41) is 29.0. The number of phenolic OH excluding ortho intramolecular Hbond substituents is 1. The molecule has 0 bridgehead atoms. The Morgan fingerprint density at radius 3 is 2.42 bits per heavy atom. The van der Waals surface area contributed by atoms with Gasteiger partial charge in [0.25, 0.3) is 11.8 Å². The molecular formula is C25H29N5O5S. The second-order valence-electron chi connectivity index (χ2n) is 8.29. The Labute approximate surface area is 212 Å². The van der Waals surface area contributed by atoms with Gasteiger partial charge in [-0.15, -0.1) is 11.3 Å². The summed E-state index contributed by atoms with van der Waals surface area (Å²) in [6.45, 7) is 5.62. The number of aromatic nitrogens is 2. The fourth-order valence-corrected chi connectivity index (χ4v) is 4.29. The zero-order chi connectivity index (χ0) is 26.2. The minimum atomic E-state index is -1.32. The van der Waals surface area contributed by atoms with Gasteiger partial charge in [0.05, 0.1) is 21.8 Å². The summed E-state index contributed by atoms with van der Waals surface area (Å²) in [5.41, 5.74) is 3.16. The lowest BCUT2D eigenvalue weighted by atomic mass is 10.0. The van der Waals surface area contributed by atoms with Gasteiger partial charge in [0.15, 0.2) is 0 Å². The minimum absolute atomic E-state index is 0.187. The first kappa shape index (κ1) is 26.6. The molecule has 190 valence electrons. The number of nitrogens with one attached hydrogen (secondary N) is 3. The number of benzene rings is 1. The number of carbonyl (C=O) groups is 3. The highest BCUT2D eigenvalue weighted by Gasteiger charge is 2.24. The average Bonchev–Trinajstić information content (AvgIpc) is 3.36. The van der Waals surface area contributed by atoms with Crippen molar-refractivity contribution in [3.05, 3.63) is 68.7 Å². The molecule has 1 atom stereocenters. The van der Waals surface area contributed by atoms with Gasteiger partial charge in [0.1, 0.15) is 11.8 Å². The van der Waals surface area contributed by atoms with Crippen molar-refractivity contribution < 1.29 is 24.6 Å². The number of hydrogen-bond donors (Lipinski definition) is 5. The lowest BCUT2D eigenvalue weighted by Crippen LogP contribution is -2.48. The highest BCUT2D eigenvalue weighted by atomic mass is 32.1. The standard InChI is InChI=1S/C25H29N5O5S/c1-14-8-9-18(31)12-17(14)6-4-10-26-25-28-15(2)21(16(3)29-25)23(33)30-19(24(34)35)13-27-22(32)20-7-5-11-36-20/h5,7-9,11-12,19,31H,4,6,10,13H2,1-3H3,(H,27,32)(H,30,33)(H,34,35)(H,26,28,29). The highest BCUT2D eigenvalue weighted by molar-refractivity contribution is 7.12. The van der Waals surface area contributed by atoms with Crippen LogP contribution in [0.15, 0.2) is 35.7 Å². The maximum Gasteiger partial charge on any atom is 0.328 e. The van der Waals surface area contributed by atoms with Gasteiger partial charge in [0, 0.05) is 13.1 Å². The van der Waals surface area contributed by atoms with Crippen molar-refractivity contribution in [3.63, 3.8) is 0 Å². The number of thiophene rings is 1. The molecule has 0 spiro atoms. The Morgan fingerprint density at radius 2 is 1.78 bits per heavy atom. The molecular weight excluding hydrogens is 482 g/mol. The van der Waals surface area contributed by atoms with Crippen LogP contribution in [-0.2, 0) is 11.2 Å². The van der Waals surface area contributed by atoms with Gasteiger partial charge in [-0.2, -0.15) is 0 Å². The third-order valence-electron chi connectivity index (χ3n) is 5.55. The number of anilines is 1. The minimum Gasteiger partial charge on any atom is -0.508 e. The average molecular weight is 512 g/mol. The predicted molar refractivity (Wildman–Crippen MR) is 137 cm³/mol. The summed E-state index contributed by atoms with van der Waals surface area (Å²) < 4.78 is 0. The van der Waals surface area contributed by atoms with E-state index in [1.165, 1.54) is 11.3 Å². The van der Waals surface area contributed by atoms with E-state index in [1.54, 1.807) is 43.5 Å². The first-order valence-corrected chi connectivity index (χ1v) is 12.3. The molecule has 1 aromatic carbocycles. The number of hydrogen-bond acceptors (Lipinski definition) is 8.